The van der Waals surface area contributed by atoms with E-state index in [1.807, 2.05) is 30.3 Å². The number of carboxylic acid groups (broad SMARTS) is 1. The quantitative estimate of drug-likeness (QED) is 0.0478. The Hall–Kier alpha value is -5.09. The number of benzene rings is 1. The van der Waals surface area contributed by atoms with Gasteiger partial charge in [-0.15, -0.1) is 0 Å². The number of aliphatic imine (C=N–C) groups is 1. The van der Waals surface area contributed by atoms with Gasteiger partial charge in [0.2, 0.25) is 17.7 Å². The zero-order valence-corrected chi connectivity index (χ0v) is 28.0. The molecule has 0 saturated carbocycles. The Morgan fingerprint density at radius 2 is 1.35 bits per heavy atom. The van der Waals surface area contributed by atoms with E-state index in [4.69, 9.17) is 21.9 Å². The molecule has 0 fully saturated rings. The van der Waals surface area contributed by atoms with Gasteiger partial charge in [-0.25, -0.2) is 14.4 Å². The van der Waals surface area contributed by atoms with Crippen LogP contribution in [0, 0.1) is 11.8 Å². The van der Waals surface area contributed by atoms with Crippen LogP contribution in [0.5, 0.6) is 0 Å². The molecule has 17 nitrogen and oxygen atoms in total. The number of alkyl carbamates (subject to hydrolysis) is 1. The van der Waals surface area contributed by atoms with E-state index in [2.05, 4.69) is 31.6 Å². The fraction of sp³-hybridized carbons (Fsp3) is 0.581. The first-order valence-electron chi connectivity index (χ1n) is 15.8. The van der Waals surface area contributed by atoms with E-state index in [-0.39, 0.29) is 50.8 Å². The van der Waals surface area contributed by atoms with Crippen molar-refractivity contribution in [3.05, 3.63) is 35.9 Å². The highest BCUT2D eigenvalue weighted by Gasteiger charge is 2.32. The molecule has 6 amide bonds. The summed E-state index contributed by atoms with van der Waals surface area (Å²) in [4.78, 5) is 78.9. The number of urea groups is 1. The first kappa shape index (κ1) is 40.9. The molecule has 268 valence electrons. The summed E-state index contributed by atoms with van der Waals surface area (Å²) in [7, 11) is 0. The summed E-state index contributed by atoms with van der Waals surface area (Å²) < 4.78 is 5.18. The molecule has 48 heavy (non-hydrogen) atoms. The van der Waals surface area contributed by atoms with E-state index in [0.29, 0.717) is 12.8 Å². The van der Waals surface area contributed by atoms with Crippen molar-refractivity contribution in [2.24, 2.45) is 34.0 Å². The van der Waals surface area contributed by atoms with Crippen molar-refractivity contribution >= 4 is 41.8 Å². The van der Waals surface area contributed by atoms with Crippen LogP contribution in [0.3, 0.4) is 0 Å². The fourth-order valence-electron chi connectivity index (χ4n) is 4.42. The van der Waals surface area contributed by atoms with E-state index in [1.54, 1.807) is 27.7 Å². The number of hydrogen-bond donors (Lipinski definition) is 9. The number of guanidine groups is 1. The number of ether oxygens (including phenoxy) is 1. The number of carbonyl (C=O) groups excluding carboxylic acids is 5. The minimum Gasteiger partial charge on any atom is -0.480 e. The van der Waals surface area contributed by atoms with Crippen LogP contribution in [0.25, 0.3) is 0 Å². The number of nitrogens with two attached hydrogens (primary N) is 3. The first-order chi connectivity index (χ1) is 22.6. The van der Waals surface area contributed by atoms with Crippen molar-refractivity contribution in [1.29, 1.82) is 0 Å². The molecular weight excluding hydrogens is 626 g/mol. The van der Waals surface area contributed by atoms with Gasteiger partial charge in [-0.1, -0.05) is 58.0 Å². The highest BCUT2D eigenvalue weighted by Crippen LogP contribution is 2.09. The summed E-state index contributed by atoms with van der Waals surface area (Å²) in [5.41, 5.74) is 16.8. The van der Waals surface area contributed by atoms with Crippen LogP contribution < -0.4 is 43.8 Å². The van der Waals surface area contributed by atoms with Gasteiger partial charge in [0, 0.05) is 13.1 Å². The van der Waals surface area contributed by atoms with Gasteiger partial charge >= 0.3 is 18.1 Å². The number of nitrogens with zero attached hydrogens (tertiary/aromatic N) is 1. The van der Waals surface area contributed by atoms with Crippen LogP contribution in [0.1, 0.15) is 65.4 Å². The van der Waals surface area contributed by atoms with Gasteiger partial charge in [-0.05, 0) is 49.5 Å². The second kappa shape index (κ2) is 21.7. The van der Waals surface area contributed by atoms with Crippen LogP contribution in [-0.4, -0.2) is 84.1 Å². The summed E-state index contributed by atoms with van der Waals surface area (Å²) in [6.45, 7) is 7.27. The number of nitrogens with one attached hydrogen (secondary N) is 5. The third kappa shape index (κ3) is 16.5. The zero-order valence-electron chi connectivity index (χ0n) is 28.0. The number of hydrogen-bond acceptors (Lipinski definition) is 8. The number of unbranched alkanes of at least 4 members (excludes halogenated alkanes) is 1. The highest BCUT2D eigenvalue weighted by molar-refractivity contribution is 5.94. The molecule has 0 heterocycles. The van der Waals surface area contributed by atoms with Crippen molar-refractivity contribution < 1.29 is 38.6 Å². The van der Waals surface area contributed by atoms with Crippen LogP contribution in [0.4, 0.5) is 9.59 Å². The molecule has 0 spiro atoms. The lowest BCUT2D eigenvalue weighted by Crippen LogP contribution is -2.59. The number of carbonyl (C=O) groups is 6. The summed E-state index contributed by atoms with van der Waals surface area (Å²) in [5.74, 6) is -4.25. The van der Waals surface area contributed by atoms with Crippen LogP contribution in [0.15, 0.2) is 35.3 Å². The molecular formula is C31H51N9O8. The lowest BCUT2D eigenvalue weighted by molar-refractivity contribution is -0.139. The Bertz CT molecular complexity index is 1240. The molecule has 0 aliphatic heterocycles. The van der Waals surface area contributed by atoms with Gasteiger partial charge in [-0.2, -0.15) is 0 Å². The van der Waals surface area contributed by atoms with Gasteiger partial charge < -0.3 is 53.6 Å². The lowest BCUT2D eigenvalue weighted by atomic mass is 9.99. The summed E-state index contributed by atoms with van der Waals surface area (Å²) in [5, 5.41) is 22.3. The molecule has 12 N–H and O–H groups in total. The van der Waals surface area contributed by atoms with Gasteiger partial charge in [0.05, 0.1) is 0 Å². The monoisotopic (exact) mass is 677 g/mol. The maximum atomic E-state index is 13.5. The van der Waals surface area contributed by atoms with E-state index in [1.165, 1.54) is 0 Å². The summed E-state index contributed by atoms with van der Waals surface area (Å²) in [6.07, 6.45) is 0.464. The van der Waals surface area contributed by atoms with Crippen LogP contribution in [0.2, 0.25) is 0 Å². The van der Waals surface area contributed by atoms with E-state index < -0.39 is 65.9 Å². The molecule has 0 radical (unpaired) electrons. The molecule has 0 aliphatic carbocycles. The molecule has 1 aromatic rings. The molecule has 0 aliphatic rings. The van der Waals surface area contributed by atoms with Crippen LogP contribution >= 0.6 is 0 Å². The third-order valence-corrected chi connectivity index (χ3v) is 7.09. The minimum absolute atomic E-state index is 0.00884. The predicted octanol–water partition coefficient (Wildman–Crippen LogP) is 0.0246. The standard InChI is InChI=1S/C31H51N9O8/c1-18(2)23(25(32)41)39-27(43)24(19(3)4)40-26(42)21(37-30(46)38-22(28(44)45)14-10-16-35-29(33)34)13-8-9-15-36-31(47)48-17-20-11-6-5-7-12-20/h5-7,11-12,18-19,21-24H,8-10,13-17H2,1-4H3,(H2,32,41)(H,36,47)(H,39,43)(H,40,42)(H,44,45)(H4,33,34,35)(H2,37,38,46)/t21-,22+,23?,24?/m1/s1. The van der Waals surface area contributed by atoms with Crippen LogP contribution in [-0.2, 0) is 30.5 Å². The second-order valence-corrected chi connectivity index (χ2v) is 11.9. The molecule has 0 saturated heterocycles. The molecule has 17 heteroatoms. The highest BCUT2D eigenvalue weighted by atomic mass is 16.5. The van der Waals surface area contributed by atoms with Gasteiger partial charge in [0.25, 0.3) is 0 Å². The van der Waals surface area contributed by atoms with Crippen molar-refractivity contribution in [2.75, 3.05) is 13.1 Å². The first-order valence-corrected chi connectivity index (χ1v) is 15.8. The van der Waals surface area contributed by atoms with Gasteiger partial charge in [-0.3, -0.25) is 19.4 Å². The predicted molar refractivity (Wildman–Crippen MR) is 178 cm³/mol. The largest absolute Gasteiger partial charge is 0.480 e. The van der Waals surface area contributed by atoms with Crippen molar-refractivity contribution in [1.82, 2.24) is 26.6 Å². The molecule has 1 rings (SSSR count). The van der Waals surface area contributed by atoms with E-state index in [0.717, 1.165) is 5.56 Å². The Morgan fingerprint density at radius 3 is 1.92 bits per heavy atom. The molecule has 0 bridgehead atoms. The normalized spacial score (nSPS) is 13.3. The average Bonchev–Trinajstić information content (AvgIpc) is 3.01. The Labute approximate surface area is 280 Å². The van der Waals surface area contributed by atoms with Gasteiger partial charge in [0.15, 0.2) is 5.96 Å². The van der Waals surface area contributed by atoms with Gasteiger partial charge in [0.1, 0.15) is 30.8 Å². The SMILES string of the molecule is CC(C)C(NC(=O)C(NC(=O)[C@@H](CCCCNC(=O)OCc1ccccc1)NC(=O)N[C@@H](CCCN=C(N)N)C(=O)O)C(C)C)C(N)=O. The lowest BCUT2D eigenvalue weighted by Gasteiger charge is -2.28. The second-order valence-electron chi connectivity index (χ2n) is 11.9. The zero-order chi connectivity index (χ0) is 36.2. The average molecular weight is 678 g/mol. The third-order valence-electron chi connectivity index (χ3n) is 7.09. The van der Waals surface area contributed by atoms with Crippen molar-refractivity contribution in [3.8, 4) is 0 Å². The minimum atomic E-state index is -1.30. The smallest absolute Gasteiger partial charge is 0.407 e. The molecule has 2 unspecified atom stereocenters. The summed E-state index contributed by atoms with van der Waals surface area (Å²) >= 11 is 0. The Balaban J connectivity index is 2.92. The Morgan fingerprint density at radius 1 is 0.771 bits per heavy atom. The number of carboxylic acids is 1. The summed E-state index contributed by atoms with van der Waals surface area (Å²) in [6, 6.07) is 3.66. The molecule has 0 aromatic heterocycles. The number of primary amides is 1. The number of amides is 6. The van der Waals surface area contributed by atoms with E-state index >= 15 is 0 Å². The number of rotatable bonds is 21. The maximum absolute atomic E-state index is 13.5. The van der Waals surface area contributed by atoms with E-state index in [9.17, 15) is 33.9 Å². The maximum Gasteiger partial charge on any atom is 0.407 e. The van der Waals surface area contributed by atoms with Crippen molar-refractivity contribution in [3.63, 3.8) is 0 Å². The Kier molecular flexibility index (Phi) is 18.5. The molecule has 1 aromatic carbocycles. The molecule has 4 atom stereocenters. The topological polar surface area (TPSA) is 282 Å². The van der Waals surface area contributed by atoms with Crippen molar-refractivity contribution in [2.45, 2.75) is 90.6 Å². The fourth-order valence-corrected chi connectivity index (χ4v) is 4.42. The number of aliphatic carboxylic acids is 1.